The normalized spacial score (nSPS) is 14.5. The lowest BCUT2D eigenvalue weighted by molar-refractivity contribution is -0.118. The lowest BCUT2D eigenvalue weighted by Gasteiger charge is -2.15. The van der Waals surface area contributed by atoms with Crippen LogP contribution in [-0.2, 0) is 4.79 Å². The maximum absolute atomic E-state index is 12.8. The summed E-state index contributed by atoms with van der Waals surface area (Å²) in [6.07, 6.45) is 2.09. The standard InChI is InChI=1S/C19H19N5O2S2/c1-11(24-16(22-23-19(24)27)15-3-2-10-28-15)17(25)20-13-6-4-12(5-7-13)18(26)21-14-8-9-14/h2-7,10-11,14H,8-9H2,1H3,(H,20,25)(H,21,26)(H,23,27). The zero-order chi connectivity index (χ0) is 19.7. The van der Waals surface area contributed by atoms with E-state index in [2.05, 4.69) is 20.8 Å². The third kappa shape index (κ3) is 3.90. The fraction of sp³-hybridized carbons (Fsp3) is 0.263. The molecule has 4 rings (SSSR count). The summed E-state index contributed by atoms with van der Waals surface area (Å²) in [6.45, 7) is 1.77. The molecule has 1 unspecified atom stereocenters. The van der Waals surface area contributed by atoms with Gasteiger partial charge in [0.2, 0.25) is 5.91 Å². The first-order valence-corrected chi connectivity index (χ1v) is 10.2. The third-order valence-electron chi connectivity index (χ3n) is 4.54. The van der Waals surface area contributed by atoms with E-state index in [1.807, 2.05) is 17.5 Å². The summed E-state index contributed by atoms with van der Waals surface area (Å²) in [5.41, 5.74) is 1.20. The largest absolute Gasteiger partial charge is 0.349 e. The molecule has 3 aromatic rings. The number of anilines is 1. The zero-order valence-corrected chi connectivity index (χ0v) is 16.8. The van der Waals surface area contributed by atoms with E-state index in [-0.39, 0.29) is 11.8 Å². The summed E-state index contributed by atoms with van der Waals surface area (Å²) in [6, 6.07) is 10.5. The van der Waals surface area contributed by atoms with Crippen LogP contribution in [0.5, 0.6) is 0 Å². The number of carbonyl (C=O) groups excluding carboxylic acids is 2. The Kier molecular flexibility index (Phi) is 5.10. The molecule has 28 heavy (non-hydrogen) atoms. The van der Waals surface area contributed by atoms with Crippen molar-refractivity contribution in [2.45, 2.75) is 31.8 Å². The average molecular weight is 414 g/mol. The number of nitrogens with one attached hydrogen (secondary N) is 3. The van der Waals surface area contributed by atoms with E-state index < -0.39 is 6.04 Å². The summed E-state index contributed by atoms with van der Waals surface area (Å²) in [4.78, 5) is 25.7. The van der Waals surface area contributed by atoms with E-state index in [1.54, 1.807) is 35.8 Å². The van der Waals surface area contributed by atoms with Gasteiger partial charge in [0.1, 0.15) is 6.04 Å². The molecule has 2 aromatic heterocycles. The van der Waals surface area contributed by atoms with Gasteiger partial charge in [-0.1, -0.05) is 6.07 Å². The van der Waals surface area contributed by atoms with Crippen molar-refractivity contribution in [3.63, 3.8) is 0 Å². The second-order valence-electron chi connectivity index (χ2n) is 6.69. The molecule has 0 bridgehead atoms. The monoisotopic (exact) mass is 413 g/mol. The Morgan fingerprint density at radius 3 is 2.68 bits per heavy atom. The number of hydrogen-bond donors (Lipinski definition) is 3. The van der Waals surface area contributed by atoms with Crippen molar-refractivity contribution in [3.8, 4) is 10.7 Å². The van der Waals surface area contributed by atoms with Crippen LogP contribution >= 0.6 is 23.6 Å². The minimum atomic E-state index is -0.554. The van der Waals surface area contributed by atoms with Crippen LogP contribution in [0.25, 0.3) is 10.7 Å². The van der Waals surface area contributed by atoms with Crippen LogP contribution in [0.1, 0.15) is 36.2 Å². The summed E-state index contributed by atoms with van der Waals surface area (Å²) < 4.78 is 2.09. The molecule has 2 amide bonds. The first-order chi connectivity index (χ1) is 13.5. The molecule has 3 N–H and O–H groups in total. The van der Waals surface area contributed by atoms with Gasteiger partial charge < -0.3 is 10.6 Å². The maximum atomic E-state index is 12.8. The van der Waals surface area contributed by atoms with Gasteiger partial charge in [-0.15, -0.1) is 11.3 Å². The second-order valence-corrected chi connectivity index (χ2v) is 8.02. The highest BCUT2D eigenvalue weighted by Crippen LogP contribution is 2.26. The quantitative estimate of drug-likeness (QED) is 0.537. The van der Waals surface area contributed by atoms with Crippen molar-refractivity contribution < 1.29 is 9.59 Å². The van der Waals surface area contributed by atoms with Crippen molar-refractivity contribution >= 4 is 41.1 Å². The van der Waals surface area contributed by atoms with E-state index >= 15 is 0 Å². The van der Waals surface area contributed by atoms with Crippen LogP contribution in [0.2, 0.25) is 0 Å². The van der Waals surface area contributed by atoms with Crippen molar-refractivity contribution in [2.75, 3.05) is 5.32 Å². The molecule has 7 nitrogen and oxygen atoms in total. The molecule has 0 spiro atoms. The first-order valence-electron chi connectivity index (χ1n) is 8.95. The van der Waals surface area contributed by atoms with Gasteiger partial charge in [0.25, 0.3) is 5.91 Å². The zero-order valence-electron chi connectivity index (χ0n) is 15.1. The summed E-state index contributed by atoms with van der Waals surface area (Å²) in [5.74, 6) is 0.333. The van der Waals surface area contributed by atoms with E-state index in [1.165, 1.54) is 11.3 Å². The second kappa shape index (κ2) is 7.69. The van der Waals surface area contributed by atoms with Gasteiger partial charge >= 0.3 is 0 Å². The number of thiophene rings is 1. The Balaban J connectivity index is 1.47. The molecule has 2 heterocycles. The predicted molar refractivity (Wildman–Crippen MR) is 111 cm³/mol. The Morgan fingerprint density at radius 2 is 2.04 bits per heavy atom. The molecular formula is C19H19N5O2S2. The van der Waals surface area contributed by atoms with Crippen LogP contribution in [0.3, 0.4) is 0 Å². The van der Waals surface area contributed by atoms with Crippen molar-refractivity contribution in [1.29, 1.82) is 0 Å². The number of H-pyrrole nitrogens is 1. The van der Waals surface area contributed by atoms with Crippen LogP contribution < -0.4 is 10.6 Å². The number of carbonyl (C=O) groups is 2. The molecular weight excluding hydrogens is 394 g/mol. The van der Waals surface area contributed by atoms with Crippen LogP contribution in [0, 0.1) is 4.77 Å². The van der Waals surface area contributed by atoms with E-state index in [9.17, 15) is 9.59 Å². The molecule has 1 aliphatic carbocycles. The van der Waals surface area contributed by atoms with Gasteiger partial charge in [-0.3, -0.25) is 19.3 Å². The first kappa shape index (κ1) is 18.6. The Bertz CT molecular complexity index is 1050. The average Bonchev–Trinajstić information content (AvgIpc) is 3.17. The van der Waals surface area contributed by atoms with Crippen LogP contribution in [0.4, 0.5) is 5.69 Å². The van der Waals surface area contributed by atoms with Gasteiger partial charge in [0.05, 0.1) is 4.88 Å². The highest BCUT2D eigenvalue weighted by molar-refractivity contribution is 7.71. The number of rotatable bonds is 6. The van der Waals surface area contributed by atoms with Crippen molar-refractivity contribution in [3.05, 3.63) is 52.1 Å². The van der Waals surface area contributed by atoms with Crippen LogP contribution in [0.15, 0.2) is 41.8 Å². The van der Waals surface area contributed by atoms with Crippen molar-refractivity contribution in [2.24, 2.45) is 0 Å². The summed E-state index contributed by atoms with van der Waals surface area (Å²) in [5, 5.41) is 14.8. The Morgan fingerprint density at radius 1 is 1.29 bits per heavy atom. The van der Waals surface area contributed by atoms with Gasteiger partial charge in [0.15, 0.2) is 10.6 Å². The highest BCUT2D eigenvalue weighted by Gasteiger charge is 2.24. The number of benzene rings is 1. The van der Waals surface area contributed by atoms with Gasteiger partial charge in [0, 0.05) is 17.3 Å². The fourth-order valence-corrected chi connectivity index (χ4v) is 3.81. The number of hydrogen-bond acceptors (Lipinski definition) is 5. The molecule has 9 heteroatoms. The molecule has 1 fully saturated rings. The molecule has 1 saturated carbocycles. The van der Waals surface area contributed by atoms with Crippen molar-refractivity contribution in [1.82, 2.24) is 20.1 Å². The van der Waals surface area contributed by atoms with E-state index in [0.717, 1.165) is 17.7 Å². The number of amides is 2. The Labute approximate surface area is 170 Å². The smallest absolute Gasteiger partial charge is 0.251 e. The SMILES string of the molecule is CC(C(=O)Nc1ccc(C(=O)NC2CC2)cc1)n1c(-c2cccs2)n[nH]c1=S. The van der Waals surface area contributed by atoms with Crippen LogP contribution in [-0.4, -0.2) is 32.6 Å². The molecule has 1 atom stereocenters. The topological polar surface area (TPSA) is 91.8 Å². The molecule has 1 aliphatic rings. The van der Waals surface area contributed by atoms with E-state index in [0.29, 0.717) is 27.9 Å². The minimum absolute atomic E-state index is 0.0842. The third-order valence-corrected chi connectivity index (χ3v) is 5.69. The lowest BCUT2D eigenvalue weighted by atomic mass is 10.2. The number of aromatic amines is 1. The van der Waals surface area contributed by atoms with Gasteiger partial charge in [-0.05, 0) is 67.7 Å². The predicted octanol–water partition coefficient (Wildman–Crippen LogP) is 3.76. The molecule has 0 saturated heterocycles. The number of aromatic nitrogens is 3. The molecule has 0 aliphatic heterocycles. The molecule has 0 radical (unpaired) electrons. The summed E-state index contributed by atoms with van der Waals surface area (Å²) in [7, 11) is 0. The van der Waals surface area contributed by atoms with E-state index in [4.69, 9.17) is 12.2 Å². The minimum Gasteiger partial charge on any atom is -0.349 e. The summed E-state index contributed by atoms with van der Waals surface area (Å²) >= 11 is 6.85. The molecule has 1 aromatic carbocycles. The van der Waals surface area contributed by atoms with Gasteiger partial charge in [-0.25, -0.2) is 0 Å². The van der Waals surface area contributed by atoms with Gasteiger partial charge in [-0.2, -0.15) is 5.10 Å². The fourth-order valence-electron chi connectivity index (χ4n) is 2.81. The maximum Gasteiger partial charge on any atom is 0.251 e. The molecule has 144 valence electrons. The Hall–Kier alpha value is -2.78. The number of nitrogens with zero attached hydrogens (tertiary/aromatic N) is 2. The lowest BCUT2D eigenvalue weighted by Crippen LogP contribution is -2.26. The highest BCUT2D eigenvalue weighted by atomic mass is 32.1.